The number of carbonyl (C=O) groups excluding carboxylic acids is 1. The molecule has 0 saturated carbocycles. The molecule has 0 bridgehead atoms. The summed E-state index contributed by atoms with van der Waals surface area (Å²) in [6, 6.07) is 13.5. The Morgan fingerprint density at radius 3 is 2.39 bits per heavy atom. The molecular weight excluding hydrogens is 352 g/mol. The number of hydrogen-bond donors (Lipinski definition) is 1. The zero-order valence-corrected chi connectivity index (χ0v) is 15.5. The van der Waals surface area contributed by atoms with E-state index in [2.05, 4.69) is 24.8 Å². The number of nitrogens with zero attached hydrogens (tertiary/aromatic N) is 5. The lowest BCUT2D eigenvalue weighted by Crippen LogP contribution is -2.39. The standard InChI is InChI=1S/C21H22N6O/c22-20(28)19(15-5-2-1-3-6-15)16-7-11-27(12-8-16)18-13-17(25-14-26-18)21-23-9-4-10-24-21/h1-6,9-10,13-14,16,19H,7-8,11-12H2,(H2,22,28). The van der Waals surface area contributed by atoms with Gasteiger partial charge in [-0.05, 0) is 30.4 Å². The van der Waals surface area contributed by atoms with Crippen LogP contribution >= 0.6 is 0 Å². The van der Waals surface area contributed by atoms with Crippen molar-refractivity contribution < 1.29 is 4.79 Å². The SMILES string of the molecule is NC(=O)C(c1ccccc1)C1CCN(c2cc(-c3ncccn3)ncn2)CC1. The molecule has 2 aromatic heterocycles. The van der Waals surface area contributed by atoms with Crippen molar-refractivity contribution in [3.8, 4) is 11.5 Å². The second kappa shape index (κ2) is 8.12. The first-order chi connectivity index (χ1) is 13.7. The molecule has 28 heavy (non-hydrogen) atoms. The molecule has 1 unspecified atom stereocenters. The van der Waals surface area contributed by atoms with E-state index in [0.29, 0.717) is 11.5 Å². The number of aromatic nitrogens is 4. The van der Waals surface area contributed by atoms with Gasteiger partial charge in [0.25, 0.3) is 0 Å². The van der Waals surface area contributed by atoms with Gasteiger partial charge >= 0.3 is 0 Å². The average Bonchev–Trinajstić information content (AvgIpc) is 2.76. The van der Waals surface area contributed by atoms with E-state index in [9.17, 15) is 4.79 Å². The van der Waals surface area contributed by atoms with E-state index in [0.717, 1.165) is 37.3 Å². The predicted octanol–water partition coefficient (Wildman–Crippen LogP) is 2.42. The number of nitrogens with two attached hydrogens (primary N) is 1. The summed E-state index contributed by atoms with van der Waals surface area (Å²) >= 11 is 0. The Balaban J connectivity index is 1.48. The van der Waals surface area contributed by atoms with Crippen LogP contribution in [0.25, 0.3) is 11.5 Å². The molecular formula is C21H22N6O. The molecule has 1 fully saturated rings. The summed E-state index contributed by atoms with van der Waals surface area (Å²) < 4.78 is 0. The molecule has 3 heterocycles. The van der Waals surface area contributed by atoms with Crippen LogP contribution in [-0.4, -0.2) is 38.9 Å². The number of anilines is 1. The summed E-state index contributed by atoms with van der Waals surface area (Å²) in [6.07, 6.45) is 6.70. The maximum atomic E-state index is 12.1. The van der Waals surface area contributed by atoms with Crippen molar-refractivity contribution in [2.75, 3.05) is 18.0 Å². The Morgan fingerprint density at radius 1 is 1.00 bits per heavy atom. The predicted molar refractivity (Wildman–Crippen MR) is 106 cm³/mol. The lowest BCUT2D eigenvalue weighted by atomic mass is 9.79. The number of amides is 1. The highest BCUT2D eigenvalue weighted by Gasteiger charge is 2.31. The fraction of sp³-hybridized carbons (Fsp3) is 0.286. The number of carbonyl (C=O) groups is 1. The minimum atomic E-state index is -0.254. The van der Waals surface area contributed by atoms with Gasteiger partial charge < -0.3 is 10.6 Å². The Bertz CT molecular complexity index is 926. The molecule has 1 aliphatic heterocycles. The van der Waals surface area contributed by atoms with Crippen LogP contribution in [0.5, 0.6) is 0 Å². The summed E-state index contributed by atoms with van der Waals surface area (Å²) in [5.74, 6) is 1.16. The average molecular weight is 374 g/mol. The highest BCUT2D eigenvalue weighted by Crippen LogP contribution is 2.34. The van der Waals surface area contributed by atoms with Gasteiger partial charge in [-0.2, -0.15) is 0 Å². The third kappa shape index (κ3) is 3.83. The van der Waals surface area contributed by atoms with Gasteiger partial charge in [0.1, 0.15) is 17.8 Å². The van der Waals surface area contributed by atoms with Crippen molar-refractivity contribution in [3.05, 3.63) is 66.7 Å². The van der Waals surface area contributed by atoms with Crippen LogP contribution in [0.4, 0.5) is 5.82 Å². The van der Waals surface area contributed by atoms with Gasteiger partial charge in [-0.25, -0.2) is 19.9 Å². The number of benzene rings is 1. The molecule has 1 saturated heterocycles. The molecule has 1 aromatic carbocycles. The van der Waals surface area contributed by atoms with Gasteiger partial charge in [-0.3, -0.25) is 4.79 Å². The van der Waals surface area contributed by atoms with E-state index in [4.69, 9.17) is 5.73 Å². The normalized spacial score (nSPS) is 15.9. The fourth-order valence-corrected chi connectivity index (χ4v) is 3.86. The second-order valence-corrected chi connectivity index (χ2v) is 6.95. The van der Waals surface area contributed by atoms with E-state index < -0.39 is 0 Å². The van der Waals surface area contributed by atoms with Crippen LogP contribution in [0.1, 0.15) is 24.3 Å². The summed E-state index contributed by atoms with van der Waals surface area (Å²) in [4.78, 5) is 31.6. The van der Waals surface area contributed by atoms with E-state index in [1.807, 2.05) is 36.4 Å². The number of hydrogen-bond acceptors (Lipinski definition) is 6. The van der Waals surface area contributed by atoms with Gasteiger partial charge in [0.15, 0.2) is 5.82 Å². The van der Waals surface area contributed by atoms with Crippen molar-refractivity contribution in [2.45, 2.75) is 18.8 Å². The van der Waals surface area contributed by atoms with Crippen molar-refractivity contribution in [1.29, 1.82) is 0 Å². The highest BCUT2D eigenvalue weighted by molar-refractivity contribution is 5.82. The first-order valence-electron chi connectivity index (χ1n) is 9.41. The van der Waals surface area contributed by atoms with Gasteiger partial charge in [-0.1, -0.05) is 30.3 Å². The molecule has 1 amide bonds. The van der Waals surface area contributed by atoms with Crippen LogP contribution in [0.2, 0.25) is 0 Å². The van der Waals surface area contributed by atoms with Crippen molar-refractivity contribution >= 4 is 11.7 Å². The molecule has 4 rings (SSSR count). The van der Waals surface area contributed by atoms with Gasteiger partial charge in [0.2, 0.25) is 5.91 Å². The number of primary amides is 1. The Hall–Kier alpha value is -3.35. The number of rotatable bonds is 5. The molecule has 1 aliphatic rings. The Morgan fingerprint density at radius 2 is 1.71 bits per heavy atom. The van der Waals surface area contributed by atoms with Crippen molar-refractivity contribution in [2.24, 2.45) is 11.7 Å². The molecule has 2 N–H and O–H groups in total. The minimum Gasteiger partial charge on any atom is -0.369 e. The molecule has 1 atom stereocenters. The third-order valence-electron chi connectivity index (χ3n) is 5.25. The van der Waals surface area contributed by atoms with Crippen molar-refractivity contribution in [1.82, 2.24) is 19.9 Å². The lowest BCUT2D eigenvalue weighted by Gasteiger charge is -2.35. The van der Waals surface area contributed by atoms with Crippen molar-refractivity contribution in [3.63, 3.8) is 0 Å². The van der Waals surface area contributed by atoms with E-state index in [1.54, 1.807) is 24.8 Å². The molecule has 3 aromatic rings. The largest absolute Gasteiger partial charge is 0.369 e. The van der Waals surface area contributed by atoms with Gasteiger partial charge in [0.05, 0.1) is 5.92 Å². The third-order valence-corrected chi connectivity index (χ3v) is 5.25. The first-order valence-corrected chi connectivity index (χ1v) is 9.41. The summed E-state index contributed by atoms with van der Waals surface area (Å²) in [5.41, 5.74) is 7.44. The van der Waals surface area contributed by atoms with Crippen LogP contribution in [0.15, 0.2) is 61.2 Å². The molecule has 0 spiro atoms. The monoisotopic (exact) mass is 374 g/mol. The maximum absolute atomic E-state index is 12.1. The smallest absolute Gasteiger partial charge is 0.225 e. The summed E-state index contributed by atoms with van der Waals surface area (Å²) in [7, 11) is 0. The van der Waals surface area contributed by atoms with E-state index in [-0.39, 0.29) is 17.7 Å². The molecule has 7 nitrogen and oxygen atoms in total. The lowest BCUT2D eigenvalue weighted by molar-refractivity contribution is -0.120. The number of piperidine rings is 1. The Labute approximate surface area is 163 Å². The minimum absolute atomic E-state index is 0.231. The Kier molecular flexibility index (Phi) is 5.23. The van der Waals surface area contributed by atoms with E-state index >= 15 is 0 Å². The topological polar surface area (TPSA) is 97.9 Å². The summed E-state index contributed by atoms with van der Waals surface area (Å²) in [5, 5.41) is 0. The van der Waals surface area contributed by atoms with Crippen LogP contribution in [0.3, 0.4) is 0 Å². The molecule has 0 aliphatic carbocycles. The van der Waals surface area contributed by atoms with Crippen LogP contribution in [-0.2, 0) is 4.79 Å². The van der Waals surface area contributed by atoms with Crippen LogP contribution < -0.4 is 10.6 Å². The summed E-state index contributed by atoms with van der Waals surface area (Å²) in [6.45, 7) is 1.63. The van der Waals surface area contributed by atoms with Gasteiger partial charge in [-0.15, -0.1) is 0 Å². The van der Waals surface area contributed by atoms with E-state index in [1.165, 1.54) is 0 Å². The molecule has 142 valence electrons. The molecule has 0 radical (unpaired) electrons. The highest BCUT2D eigenvalue weighted by atomic mass is 16.1. The second-order valence-electron chi connectivity index (χ2n) is 6.95. The fourth-order valence-electron chi connectivity index (χ4n) is 3.86. The maximum Gasteiger partial charge on any atom is 0.225 e. The van der Waals surface area contributed by atoms with Gasteiger partial charge in [0, 0.05) is 31.5 Å². The molecule has 7 heteroatoms. The quantitative estimate of drug-likeness (QED) is 0.736. The zero-order valence-electron chi connectivity index (χ0n) is 15.5. The van der Waals surface area contributed by atoms with Crippen LogP contribution in [0, 0.1) is 5.92 Å². The first kappa shape index (κ1) is 18.0. The zero-order chi connectivity index (χ0) is 19.3.